The van der Waals surface area contributed by atoms with E-state index >= 15 is 0 Å². The largest absolute Gasteiger partial charge is 0.500 e. The summed E-state index contributed by atoms with van der Waals surface area (Å²) in [5, 5.41) is 2.70. The van der Waals surface area contributed by atoms with E-state index in [0.717, 1.165) is 31.7 Å². The third kappa shape index (κ3) is 8.20. The normalized spacial score (nSPS) is 11.4. The van der Waals surface area contributed by atoms with Crippen LogP contribution in [0.4, 0.5) is 4.79 Å². The maximum atomic E-state index is 11.0. The average Bonchev–Trinajstić information content (AvgIpc) is 2.43. The summed E-state index contributed by atoms with van der Waals surface area (Å²) < 4.78 is 20.8. The van der Waals surface area contributed by atoms with Crippen molar-refractivity contribution >= 4 is 14.9 Å². The highest BCUT2D eigenvalue weighted by molar-refractivity contribution is 6.60. The quantitative estimate of drug-likeness (QED) is 0.467. The van der Waals surface area contributed by atoms with Gasteiger partial charge in [-0.2, -0.15) is 0 Å². The number of rotatable bonds is 11. The van der Waals surface area contributed by atoms with E-state index in [-0.39, 0.29) is 6.09 Å². The predicted octanol–water partition coefficient (Wildman–Crippen LogP) is 2.17. The zero-order valence-corrected chi connectivity index (χ0v) is 13.5. The van der Waals surface area contributed by atoms with Crippen LogP contribution < -0.4 is 5.32 Å². The number of hydrogen-bond donors (Lipinski definition) is 1. The molecule has 114 valence electrons. The zero-order valence-electron chi connectivity index (χ0n) is 12.5. The topological polar surface area (TPSA) is 66.0 Å². The lowest BCUT2D eigenvalue weighted by molar-refractivity contribution is 0.122. The van der Waals surface area contributed by atoms with Crippen LogP contribution in [0.5, 0.6) is 0 Å². The maximum Gasteiger partial charge on any atom is 0.500 e. The number of carbonyl (C=O) groups is 1. The molecule has 1 amide bonds. The second kappa shape index (κ2) is 11.2. The van der Waals surface area contributed by atoms with E-state index in [1.807, 2.05) is 0 Å². The lowest BCUT2D eigenvalue weighted by Gasteiger charge is -2.24. The van der Waals surface area contributed by atoms with Crippen molar-refractivity contribution in [1.82, 2.24) is 5.32 Å². The first kappa shape index (κ1) is 18.4. The first-order valence-electron chi connectivity index (χ1n) is 6.70. The molecule has 1 N–H and O–H groups in total. The number of carbonyl (C=O) groups excluding carboxylic acids is 1. The summed E-state index contributed by atoms with van der Waals surface area (Å²) in [5.41, 5.74) is 0. The Labute approximate surface area is 117 Å². The highest BCUT2D eigenvalue weighted by atomic mass is 28.4. The van der Waals surface area contributed by atoms with Crippen LogP contribution in [0.15, 0.2) is 0 Å². The molecule has 0 atom stereocenters. The minimum absolute atomic E-state index is 0.341. The molecular weight excluding hydrogens is 266 g/mol. The molecule has 0 aromatic heterocycles. The van der Waals surface area contributed by atoms with E-state index in [1.165, 1.54) is 0 Å². The molecule has 0 radical (unpaired) electrons. The number of nitrogens with one attached hydrogen (secondary N) is 1. The highest BCUT2D eigenvalue weighted by Gasteiger charge is 2.36. The van der Waals surface area contributed by atoms with E-state index < -0.39 is 8.80 Å². The van der Waals surface area contributed by atoms with Crippen LogP contribution in [0.25, 0.3) is 0 Å². The molecule has 0 rings (SSSR count). The molecule has 0 aromatic rings. The van der Waals surface area contributed by atoms with Crippen molar-refractivity contribution in [1.29, 1.82) is 0 Å². The Morgan fingerprint density at radius 3 is 2.11 bits per heavy atom. The molecule has 0 aliphatic carbocycles. The molecule has 0 aliphatic rings. The predicted molar refractivity (Wildman–Crippen MR) is 75.1 cm³/mol. The molecule has 0 spiro atoms. The smallest absolute Gasteiger partial charge is 0.450 e. The van der Waals surface area contributed by atoms with Crippen molar-refractivity contribution in [2.24, 2.45) is 0 Å². The summed E-state index contributed by atoms with van der Waals surface area (Å²) in [7, 11) is 2.48. The monoisotopic (exact) mass is 293 g/mol. The van der Waals surface area contributed by atoms with Crippen LogP contribution >= 0.6 is 0 Å². The molecule has 0 saturated carbocycles. The fourth-order valence-corrected chi connectivity index (χ4v) is 3.54. The van der Waals surface area contributed by atoms with Crippen molar-refractivity contribution in [2.75, 3.05) is 34.5 Å². The van der Waals surface area contributed by atoms with Gasteiger partial charge in [0.2, 0.25) is 0 Å². The molecule has 0 unspecified atom stereocenters. The van der Waals surface area contributed by atoms with E-state index in [9.17, 15) is 4.79 Å². The van der Waals surface area contributed by atoms with Crippen LogP contribution in [-0.4, -0.2) is 49.4 Å². The highest BCUT2D eigenvalue weighted by Crippen LogP contribution is 2.17. The molecule has 0 saturated heterocycles. The first-order valence-corrected chi connectivity index (χ1v) is 8.63. The van der Waals surface area contributed by atoms with Gasteiger partial charge in [0.25, 0.3) is 0 Å². The minimum Gasteiger partial charge on any atom is -0.450 e. The van der Waals surface area contributed by atoms with Gasteiger partial charge in [0.05, 0.1) is 6.61 Å². The Bertz CT molecular complexity index is 228. The van der Waals surface area contributed by atoms with Gasteiger partial charge < -0.3 is 23.3 Å². The van der Waals surface area contributed by atoms with Crippen molar-refractivity contribution in [3.8, 4) is 0 Å². The molecule has 0 aromatic carbocycles. The van der Waals surface area contributed by atoms with Crippen LogP contribution in [-0.2, 0) is 18.0 Å². The van der Waals surface area contributed by atoms with Gasteiger partial charge in [0.15, 0.2) is 0 Å². The molecule has 0 heterocycles. The number of hydrogen-bond acceptors (Lipinski definition) is 5. The summed E-state index contributed by atoms with van der Waals surface area (Å²) in [4.78, 5) is 11.0. The van der Waals surface area contributed by atoms with E-state index in [4.69, 9.17) is 18.0 Å². The molecule has 0 fully saturated rings. The average molecular weight is 293 g/mol. The second-order valence-corrected chi connectivity index (χ2v) is 7.20. The molecular formula is C12H27NO5Si. The molecule has 0 aliphatic heterocycles. The second-order valence-electron chi connectivity index (χ2n) is 4.11. The fraction of sp³-hybridized carbons (Fsp3) is 0.917. The minimum atomic E-state index is -2.40. The van der Waals surface area contributed by atoms with Crippen molar-refractivity contribution in [2.45, 2.75) is 38.7 Å². The molecule has 19 heavy (non-hydrogen) atoms. The standard InChI is InChI=1S/C12H27NO5Si/c1-5-18-12(14)13-10-8-6-7-9-11-19(15-2,16-3)17-4/h5-11H2,1-4H3,(H,13,14). The summed E-state index contributed by atoms with van der Waals surface area (Å²) >= 11 is 0. The third-order valence-electron chi connectivity index (χ3n) is 2.89. The van der Waals surface area contributed by atoms with Crippen LogP contribution in [0.2, 0.25) is 6.04 Å². The van der Waals surface area contributed by atoms with E-state index in [1.54, 1.807) is 28.3 Å². The SMILES string of the molecule is CCOC(=O)NCCCCCC[Si](OC)(OC)OC. The number of ether oxygens (including phenoxy) is 1. The maximum absolute atomic E-state index is 11.0. The zero-order chi connectivity index (χ0) is 14.6. The fourth-order valence-electron chi connectivity index (χ4n) is 1.75. The molecule has 7 heteroatoms. The Balaban J connectivity index is 3.52. The van der Waals surface area contributed by atoms with Gasteiger partial charge in [-0.25, -0.2) is 4.79 Å². The Morgan fingerprint density at radius 2 is 1.58 bits per heavy atom. The van der Waals surface area contributed by atoms with Crippen molar-refractivity contribution in [3.63, 3.8) is 0 Å². The molecule has 0 bridgehead atoms. The van der Waals surface area contributed by atoms with E-state index in [2.05, 4.69) is 5.32 Å². The van der Waals surface area contributed by atoms with Gasteiger partial charge in [-0.05, 0) is 19.8 Å². The van der Waals surface area contributed by atoms with Crippen molar-refractivity contribution in [3.05, 3.63) is 0 Å². The number of unbranched alkanes of at least 4 members (excludes halogenated alkanes) is 3. The lowest BCUT2D eigenvalue weighted by atomic mass is 10.2. The van der Waals surface area contributed by atoms with Crippen molar-refractivity contribution < 1.29 is 22.8 Å². The van der Waals surface area contributed by atoms with Gasteiger partial charge in [0.1, 0.15) is 0 Å². The van der Waals surface area contributed by atoms with Gasteiger partial charge in [-0.1, -0.05) is 12.8 Å². The van der Waals surface area contributed by atoms with E-state index in [0.29, 0.717) is 13.2 Å². The van der Waals surface area contributed by atoms with Gasteiger partial charge in [0, 0.05) is 33.9 Å². The summed E-state index contributed by atoms with van der Waals surface area (Å²) in [6.07, 6.45) is 3.72. The number of amides is 1. The Hall–Kier alpha value is -0.633. The van der Waals surface area contributed by atoms with Gasteiger partial charge in [-0.3, -0.25) is 0 Å². The van der Waals surface area contributed by atoms with Crippen LogP contribution in [0.1, 0.15) is 32.6 Å². The lowest BCUT2D eigenvalue weighted by Crippen LogP contribution is -2.42. The number of alkyl carbamates (subject to hydrolysis) is 1. The van der Waals surface area contributed by atoms with Gasteiger partial charge >= 0.3 is 14.9 Å². The van der Waals surface area contributed by atoms with Crippen LogP contribution in [0.3, 0.4) is 0 Å². The first-order chi connectivity index (χ1) is 9.14. The summed E-state index contributed by atoms with van der Waals surface area (Å²) in [6, 6.07) is 0.821. The third-order valence-corrected chi connectivity index (χ3v) is 5.72. The molecule has 6 nitrogen and oxygen atoms in total. The Morgan fingerprint density at radius 1 is 1.00 bits per heavy atom. The summed E-state index contributed by atoms with van der Waals surface area (Å²) in [5.74, 6) is 0. The van der Waals surface area contributed by atoms with Crippen LogP contribution in [0, 0.1) is 0 Å². The van der Waals surface area contributed by atoms with Gasteiger partial charge in [-0.15, -0.1) is 0 Å². The Kier molecular flexibility index (Phi) is 10.8. The summed E-state index contributed by atoms with van der Waals surface area (Å²) in [6.45, 7) is 2.85.